The molecular weight excluding hydrogens is 313 g/mol. The van der Waals surface area contributed by atoms with Gasteiger partial charge in [-0.25, -0.2) is 14.4 Å². The number of hydrogen-bond acceptors (Lipinski definition) is 4. The fraction of sp³-hybridized carbons (Fsp3) is 0.231. The lowest BCUT2D eigenvalue weighted by Crippen LogP contribution is -2.02. The lowest BCUT2D eigenvalue weighted by atomic mass is 10.2. The van der Waals surface area contributed by atoms with Crippen LogP contribution >= 0.6 is 15.9 Å². The van der Waals surface area contributed by atoms with Crippen LogP contribution in [0.3, 0.4) is 0 Å². The predicted molar refractivity (Wildman–Crippen MR) is 75.1 cm³/mol. The van der Waals surface area contributed by atoms with Gasteiger partial charge >= 0.3 is 0 Å². The standard InChI is InChI=1S/C13H13BrFN3O/c1-3-9-12(16-2)17-7-18-13(9)19-8-4-5-10(14)11(15)6-8/h4-7H,3H2,1-2H3,(H,16,17,18). The second-order valence-electron chi connectivity index (χ2n) is 3.79. The molecule has 0 atom stereocenters. The van der Waals surface area contributed by atoms with Gasteiger partial charge in [0.15, 0.2) is 0 Å². The monoisotopic (exact) mass is 325 g/mol. The van der Waals surface area contributed by atoms with Crippen LogP contribution in [0.25, 0.3) is 0 Å². The first-order chi connectivity index (χ1) is 9.15. The molecule has 1 N–H and O–H groups in total. The highest BCUT2D eigenvalue weighted by Crippen LogP contribution is 2.29. The van der Waals surface area contributed by atoms with Crippen LogP contribution in [0.2, 0.25) is 0 Å². The molecule has 0 aliphatic rings. The van der Waals surface area contributed by atoms with Gasteiger partial charge in [0, 0.05) is 13.1 Å². The molecule has 2 rings (SSSR count). The topological polar surface area (TPSA) is 47.0 Å². The fourth-order valence-electron chi connectivity index (χ4n) is 1.67. The Morgan fingerprint density at radius 1 is 1.37 bits per heavy atom. The van der Waals surface area contributed by atoms with Crippen molar-refractivity contribution >= 4 is 21.7 Å². The number of nitrogens with zero attached hydrogens (tertiary/aromatic N) is 2. The summed E-state index contributed by atoms with van der Waals surface area (Å²) in [7, 11) is 1.78. The van der Waals surface area contributed by atoms with Gasteiger partial charge in [0.05, 0.1) is 10.0 Å². The summed E-state index contributed by atoms with van der Waals surface area (Å²) in [6.07, 6.45) is 2.13. The molecule has 0 radical (unpaired) electrons. The zero-order valence-corrected chi connectivity index (χ0v) is 12.2. The first-order valence-corrected chi connectivity index (χ1v) is 6.59. The predicted octanol–water partition coefficient (Wildman–Crippen LogP) is 3.77. The van der Waals surface area contributed by atoms with Gasteiger partial charge in [-0.1, -0.05) is 6.92 Å². The van der Waals surface area contributed by atoms with Gasteiger partial charge in [-0.05, 0) is 34.5 Å². The zero-order chi connectivity index (χ0) is 13.8. The lowest BCUT2D eigenvalue weighted by Gasteiger charge is -2.11. The minimum atomic E-state index is -0.376. The molecule has 0 fully saturated rings. The Morgan fingerprint density at radius 2 is 2.16 bits per heavy atom. The number of ether oxygens (including phenoxy) is 1. The summed E-state index contributed by atoms with van der Waals surface area (Å²) in [6.45, 7) is 1.98. The summed E-state index contributed by atoms with van der Waals surface area (Å²) in [4.78, 5) is 8.22. The van der Waals surface area contributed by atoms with Crippen molar-refractivity contribution in [2.24, 2.45) is 0 Å². The molecule has 1 aromatic carbocycles. The third-order valence-corrected chi connectivity index (χ3v) is 3.24. The number of halogens is 2. The molecule has 6 heteroatoms. The van der Waals surface area contributed by atoms with Crippen molar-refractivity contribution in [3.8, 4) is 11.6 Å². The first kappa shape index (κ1) is 13.7. The minimum absolute atomic E-state index is 0.376. The maximum Gasteiger partial charge on any atom is 0.227 e. The van der Waals surface area contributed by atoms with Crippen molar-refractivity contribution < 1.29 is 9.13 Å². The maximum atomic E-state index is 13.4. The van der Waals surface area contributed by atoms with E-state index in [1.807, 2.05) is 6.92 Å². The van der Waals surface area contributed by atoms with E-state index in [9.17, 15) is 4.39 Å². The molecule has 100 valence electrons. The van der Waals surface area contributed by atoms with E-state index in [2.05, 4.69) is 31.2 Å². The third kappa shape index (κ3) is 3.01. The van der Waals surface area contributed by atoms with Gasteiger partial charge in [0.2, 0.25) is 5.88 Å². The van der Waals surface area contributed by atoms with Crippen LogP contribution in [-0.4, -0.2) is 17.0 Å². The van der Waals surface area contributed by atoms with Gasteiger partial charge in [-0.3, -0.25) is 0 Å². The molecule has 0 saturated carbocycles. The molecule has 0 aliphatic carbocycles. The average Bonchev–Trinajstić information content (AvgIpc) is 2.42. The van der Waals surface area contributed by atoms with E-state index < -0.39 is 0 Å². The first-order valence-electron chi connectivity index (χ1n) is 5.80. The van der Waals surface area contributed by atoms with Crippen LogP contribution in [0.15, 0.2) is 29.0 Å². The van der Waals surface area contributed by atoms with E-state index in [1.54, 1.807) is 19.2 Å². The highest BCUT2D eigenvalue weighted by Gasteiger charge is 2.11. The van der Waals surface area contributed by atoms with Crippen molar-refractivity contribution in [3.63, 3.8) is 0 Å². The number of benzene rings is 1. The van der Waals surface area contributed by atoms with Gasteiger partial charge in [0.1, 0.15) is 23.7 Å². The molecule has 1 aromatic heterocycles. The average molecular weight is 326 g/mol. The van der Waals surface area contributed by atoms with E-state index in [1.165, 1.54) is 12.4 Å². The highest BCUT2D eigenvalue weighted by molar-refractivity contribution is 9.10. The SMILES string of the molecule is CCc1c(NC)ncnc1Oc1ccc(Br)c(F)c1. The van der Waals surface area contributed by atoms with Crippen molar-refractivity contribution in [1.82, 2.24) is 9.97 Å². The van der Waals surface area contributed by atoms with Crippen LogP contribution in [0.5, 0.6) is 11.6 Å². The molecule has 0 spiro atoms. The quantitative estimate of drug-likeness (QED) is 0.929. The number of rotatable bonds is 4. The minimum Gasteiger partial charge on any atom is -0.438 e. The summed E-state index contributed by atoms with van der Waals surface area (Å²) < 4.78 is 19.5. The largest absolute Gasteiger partial charge is 0.438 e. The van der Waals surface area contributed by atoms with Crippen LogP contribution < -0.4 is 10.1 Å². The smallest absolute Gasteiger partial charge is 0.227 e. The molecule has 0 amide bonds. The summed E-state index contributed by atoms with van der Waals surface area (Å²) >= 11 is 3.10. The Hall–Kier alpha value is -1.69. The second-order valence-corrected chi connectivity index (χ2v) is 4.64. The van der Waals surface area contributed by atoms with Crippen LogP contribution in [0, 0.1) is 5.82 Å². The molecule has 0 unspecified atom stereocenters. The van der Waals surface area contributed by atoms with Gasteiger partial charge in [-0.15, -0.1) is 0 Å². The molecule has 19 heavy (non-hydrogen) atoms. The molecule has 0 saturated heterocycles. The van der Waals surface area contributed by atoms with Gasteiger partial charge in [-0.2, -0.15) is 0 Å². The number of nitrogens with one attached hydrogen (secondary N) is 1. The van der Waals surface area contributed by atoms with Gasteiger partial charge < -0.3 is 10.1 Å². The Morgan fingerprint density at radius 3 is 2.79 bits per heavy atom. The van der Waals surface area contributed by atoms with Crippen LogP contribution in [0.1, 0.15) is 12.5 Å². The third-order valence-electron chi connectivity index (χ3n) is 2.60. The van der Waals surface area contributed by atoms with Gasteiger partial charge in [0.25, 0.3) is 0 Å². The number of hydrogen-bond donors (Lipinski definition) is 1. The number of aromatic nitrogens is 2. The molecule has 2 aromatic rings. The van der Waals surface area contributed by atoms with Crippen LogP contribution in [0.4, 0.5) is 10.2 Å². The maximum absolute atomic E-state index is 13.4. The van der Waals surface area contributed by atoms with Crippen molar-refractivity contribution in [3.05, 3.63) is 40.4 Å². The Bertz CT molecular complexity index is 592. The summed E-state index contributed by atoms with van der Waals surface area (Å²) in [5.74, 6) is 1.17. The van der Waals surface area contributed by atoms with E-state index in [-0.39, 0.29) is 5.82 Å². The molecule has 1 heterocycles. The highest BCUT2D eigenvalue weighted by atomic mass is 79.9. The fourth-order valence-corrected chi connectivity index (χ4v) is 1.92. The summed E-state index contributed by atoms with van der Waals surface area (Å²) in [5.41, 5.74) is 0.855. The summed E-state index contributed by atoms with van der Waals surface area (Å²) in [5, 5.41) is 2.98. The Kier molecular flexibility index (Phi) is 4.31. The molecule has 4 nitrogen and oxygen atoms in total. The van der Waals surface area contributed by atoms with E-state index in [0.717, 1.165) is 5.56 Å². The van der Waals surface area contributed by atoms with Crippen molar-refractivity contribution in [2.45, 2.75) is 13.3 Å². The zero-order valence-electron chi connectivity index (χ0n) is 10.6. The Labute approximate surface area is 119 Å². The normalized spacial score (nSPS) is 10.3. The van der Waals surface area contributed by atoms with E-state index >= 15 is 0 Å². The van der Waals surface area contributed by atoms with E-state index in [4.69, 9.17) is 4.74 Å². The van der Waals surface area contributed by atoms with E-state index in [0.29, 0.717) is 28.3 Å². The Balaban J connectivity index is 2.35. The van der Waals surface area contributed by atoms with Crippen LogP contribution in [-0.2, 0) is 6.42 Å². The van der Waals surface area contributed by atoms with Crippen molar-refractivity contribution in [2.75, 3.05) is 12.4 Å². The molecular formula is C13H13BrFN3O. The summed E-state index contributed by atoms with van der Waals surface area (Å²) in [6, 6.07) is 4.58. The second kappa shape index (κ2) is 5.97. The van der Waals surface area contributed by atoms with Crippen molar-refractivity contribution in [1.29, 1.82) is 0 Å². The number of anilines is 1. The lowest BCUT2D eigenvalue weighted by molar-refractivity contribution is 0.451. The molecule has 0 bridgehead atoms. The molecule has 0 aliphatic heterocycles.